The van der Waals surface area contributed by atoms with E-state index < -0.39 is 18.0 Å². The predicted octanol–water partition coefficient (Wildman–Crippen LogP) is 5.39. The number of hydrogen-bond donors (Lipinski definition) is 1. The van der Waals surface area contributed by atoms with Crippen LogP contribution in [-0.4, -0.2) is 40.5 Å². The fraction of sp³-hybridized carbons (Fsp3) is 0.448. The summed E-state index contributed by atoms with van der Waals surface area (Å²) in [4.78, 5) is 35.3. The quantitative estimate of drug-likeness (QED) is 0.442. The van der Waals surface area contributed by atoms with Crippen molar-refractivity contribution in [1.82, 2.24) is 9.88 Å². The molecule has 1 amide bonds. The van der Waals surface area contributed by atoms with Gasteiger partial charge >= 0.3 is 5.97 Å². The van der Waals surface area contributed by atoms with Crippen molar-refractivity contribution in [1.29, 1.82) is 5.26 Å². The molecule has 1 aliphatic heterocycles. The van der Waals surface area contributed by atoms with E-state index in [4.69, 9.17) is 9.72 Å². The summed E-state index contributed by atoms with van der Waals surface area (Å²) in [5.41, 5.74) is 4.67. The first-order valence-corrected chi connectivity index (χ1v) is 13.9. The van der Waals surface area contributed by atoms with E-state index in [-0.39, 0.29) is 0 Å². The van der Waals surface area contributed by atoms with Crippen LogP contribution in [0, 0.1) is 11.3 Å². The minimum Gasteiger partial charge on any atom is -0.449 e. The Balaban J connectivity index is 1.43. The third-order valence-electron chi connectivity index (χ3n) is 7.44. The van der Waals surface area contributed by atoms with Crippen LogP contribution in [0.4, 0.5) is 5.00 Å². The summed E-state index contributed by atoms with van der Waals surface area (Å²) in [6.45, 7) is 7.61. The molecular weight excluding hydrogens is 484 g/mol. The Bertz CT molecular complexity index is 1400. The number of ether oxygens (including phenoxy) is 1. The van der Waals surface area contributed by atoms with Crippen LogP contribution in [0.5, 0.6) is 0 Å². The largest absolute Gasteiger partial charge is 0.449 e. The van der Waals surface area contributed by atoms with Crippen LogP contribution >= 0.6 is 11.3 Å². The lowest BCUT2D eigenvalue weighted by atomic mass is 9.95. The molecule has 8 heteroatoms. The van der Waals surface area contributed by atoms with Crippen molar-refractivity contribution in [3.05, 3.63) is 57.1 Å². The average molecular weight is 517 g/mol. The number of anilines is 1. The van der Waals surface area contributed by atoms with E-state index in [9.17, 15) is 14.9 Å². The van der Waals surface area contributed by atoms with Gasteiger partial charge in [-0.25, -0.2) is 4.79 Å². The molecule has 0 radical (unpaired) electrons. The van der Waals surface area contributed by atoms with E-state index in [0.29, 0.717) is 35.1 Å². The molecule has 7 nitrogen and oxygen atoms in total. The molecule has 37 heavy (non-hydrogen) atoms. The predicted molar refractivity (Wildman–Crippen MR) is 145 cm³/mol. The summed E-state index contributed by atoms with van der Waals surface area (Å²) in [5, 5.41) is 14.0. The first-order valence-electron chi connectivity index (χ1n) is 13.1. The number of carbonyl (C=O) groups excluding carboxylic acids is 2. The zero-order chi connectivity index (χ0) is 26.1. The van der Waals surface area contributed by atoms with Crippen molar-refractivity contribution in [2.45, 2.75) is 78.0 Å². The van der Waals surface area contributed by atoms with Gasteiger partial charge in [0.1, 0.15) is 11.1 Å². The molecule has 1 aliphatic carbocycles. The number of nitriles is 1. The van der Waals surface area contributed by atoms with Crippen LogP contribution in [0.15, 0.2) is 24.3 Å². The SMILES string of the molecule is CCC(OC(=O)c1c2c(nc3ccccc13)CCN(C(C)C)C2)C(=O)Nc1sc2c(c1C#N)CCCC2. The van der Waals surface area contributed by atoms with Gasteiger partial charge in [0, 0.05) is 47.1 Å². The molecule has 1 N–H and O–H groups in total. The molecule has 3 aromatic rings. The van der Waals surface area contributed by atoms with Crippen molar-refractivity contribution in [2.75, 3.05) is 11.9 Å². The Morgan fingerprint density at radius 3 is 2.73 bits per heavy atom. The number of nitrogens with zero attached hydrogens (tertiary/aromatic N) is 3. The van der Waals surface area contributed by atoms with Crippen LogP contribution in [0.25, 0.3) is 10.9 Å². The number of nitrogens with one attached hydrogen (secondary N) is 1. The van der Waals surface area contributed by atoms with Crippen LogP contribution in [0.2, 0.25) is 0 Å². The van der Waals surface area contributed by atoms with E-state index in [1.54, 1.807) is 0 Å². The zero-order valence-electron chi connectivity index (χ0n) is 21.6. The summed E-state index contributed by atoms with van der Waals surface area (Å²) in [6, 6.07) is 10.2. The minimum atomic E-state index is -0.967. The fourth-order valence-electron chi connectivity index (χ4n) is 5.36. The topological polar surface area (TPSA) is 95.3 Å². The van der Waals surface area contributed by atoms with Gasteiger partial charge in [0.25, 0.3) is 5.91 Å². The highest BCUT2D eigenvalue weighted by Gasteiger charge is 2.31. The van der Waals surface area contributed by atoms with Gasteiger partial charge < -0.3 is 10.1 Å². The molecule has 5 rings (SSSR count). The number of amides is 1. The molecule has 0 bridgehead atoms. The van der Waals surface area contributed by atoms with E-state index in [1.165, 1.54) is 16.2 Å². The van der Waals surface area contributed by atoms with Gasteiger partial charge in [0.15, 0.2) is 6.10 Å². The Kier molecular flexibility index (Phi) is 7.27. The summed E-state index contributed by atoms with van der Waals surface area (Å²) >= 11 is 1.47. The number of benzene rings is 1. The third kappa shape index (κ3) is 4.86. The van der Waals surface area contributed by atoms with Crippen LogP contribution < -0.4 is 5.32 Å². The average Bonchev–Trinajstić information content (AvgIpc) is 3.26. The lowest BCUT2D eigenvalue weighted by molar-refractivity contribution is -0.124. The van der Waals surface area contributed by atoms with Gasteiger partial charge in [-0.1, -0.05) is 25.1 Å². The van der Waals surface area contributed by atoms with Crippen molar-refractivity contribution >= 4 is 39.1 Å². The smallest absolute Gasteiger partial charge is 0.340 e. The fourth-order valence-corrected chi connectivity index (χ4v) is 6.60. The Hall–Kier alpha value is -3.28. The van der Waals surface area contributed by atoms with Gasteiger partial charge in [0.2, 0.25) is 0 Å². The standard InChI is InChI=1S/C29H32N4O3S/c1-4-24(27(34)32-28-20(15-30)18-9-6-8-12-25(18)37-28)36-29(35)26-19-10-5-7-11-22(19)31-23-13-14-33(17(2)3)16-21(23)26/h5,7,10-11,17,24H,4,6,8-9,12-14,16H2,1-3H3,(H,32,34). The third-order valence-corrected chi connectivity index (χ3v) is 8.65. The number of thiophene rings is 1. The molecule has 2 aliphatic rings. The number of fused-ring (bicyclic) bond motifs is 3. The number of aromatic nitrogens is 1. The highest BCUT2D eigenvalue weighted by atomic mass is 32.1. The van der Waals surface area contributed by atoms with Gasteiger partial charge in [-0.15, -0.1) is 11.3 Å². The molecular formula is C29H32N4O3S. The Labute approximate surface area is 221 Å². The number of hydrogen-bond acceptors (Lipinski definition) is 7. The molecule has 1 unspecified atom stereocenters. The summed E-state index contributed by atoms with van der Waals surface area (Å²) < 4.78 is 5.89. The monoisotopic (exact) mass is 516 g/mol. The number of esters is 1. The van der Waals surface area contributed by atoms with E-state index in [1.807, 2.05) is 31.2 Å². The van der Waals surface area contributed by atoms with Crippen molar-refractivity contribution in [2.24, 2.45) is 0 Å². The number of para-hydroxylation sites is 1. The molecule has 2 aromatic heterocycles. The first kappa shape index (κ1) is 25.4. The molecule has 0 saturated carbocycles. The lowest BCUT2D eigenvalue weighted by Gasteiger charge is -2.32. The maximum atomic E-state index is 13.7. The van der Waals surface area contributed by atoms with Crippen molar-refractivity contribution in [3.8, 4) is 6.07 Å². The molecule has 0 saturated heterocycles. The van der Waals surface area contributed by atoms with Crippen molar-refractivity contribution < 1.29 is 14.3 Å². The number of aryl methyl sites for hydroxylation is 1. The number of pyridine rings is 1. The highest BCUT2D eigenvalue weighted by Crippen LogP contribution is 2.38. The van der Waals surface area contributed by atoms with Crippen LogP contribution in [-0.2, 0) is 35.3 Å². The number of rotatable bonds is 6. The van der Waals surface area contributed by atoms with E-state index in [2.05, 4.69) is 30.1 Å². The maximum Gasteiger partial charge on any atom is 0.340 e. The second-order valence-corrected chi connectivity index (χ2v) is 11.2. The lowest BCUT2D eigenvalue weighted by Crippen LogP contribution is -2.38. The second kappa shape index (κ2) is 10.6. The summed E-state index contributed by atoms with van der Waals surface area (Å²) in [5.74, 6) is -0.907. The molecule has 1 atom stereocenters. The van der Waals surface area contributed by atoms with E-state index >= 15 is 0 Å². The Morgan fingerprint density at radius 1 is 1.19 bits per heavy atom. The molecule has 3 heterocycles. The summed E-state index contributed by atoms with van der Waals surface area (Å²) in [6.07, 6.45) is 4.07. The molecule has 0 spiro atoms. The first-order chi connectivity index (χ1) is 17.9. The maximum absolute atomic E-state index is 13.7. The zero-order valence-corrected chi connectivity index (χ0v) is 22.4. The van der Waals surface area contributed by atoms with E-state index in [0.717, 1.165) is 66.4 Å². The van der Waals surface area contributed by atoms with Gasteiger partial charge in [0.05, 0.1) is 16.6 Å². The minimum absolute atomic E-state index is 0.327. The molecule has 192 valence electrons. The molecule has 0 fully saturated rings. The summed E-state index contributed by atoms with van der Waals surface area (Å²) in [7, 11) is 0. The van der Waals surface area contributed by atoms with Crippen LogP contribution in [0.3, 0.4) is 0 Å². The molecule has 1 aromatic carbocycles. The Morgan fingerprint density at radius 2 is 1.97 bits per heavy atom. The van der Waals surface area contributed by atoms with Crippen molar-refractivity contribution in [3.63, 3.8) is 0 Å². The van der Waals surface area contributed by atoms with Gasteiger partial charge in [-0.3, -0.25) is 14.7 Å². The van der Waals surface area contributed by atoms with Gasteiger partial charge in [-0.2, -0.15) is 5.26 Å². The highest BCUT2D eigenvalue weighted by molar-refractivity contribution is 7.16. The van der Waals surface area contributed by atoms with Crippen LogP contribution in [0.1, 0.15) is 77.7 Å². The normalized spacial score (nSPS) is 16.1. The van der Waals surface area contributed by atoms with Gasteiger partial charge in [-0.05, 0) is 57.6 Å². The second-order valence-electron chi connectivity index (χ2n) is 10.1. The number of carbonyl (C=O) groups is 2.